The molecule has 21 heavy (non-hydrogen) atoms. The minimum absolute atomic E-state index is 0.207. The van der Waals surface area contributed by atoms with Crippen LogP contribution >= 0.6 is 11.6 Å². The standard InChI is InChI=1S/C16H22ClN3O/c1-4-8-21-13-7-5-6-12(9-13)15(18)16-14(17)10-19-20(16)11(2)3/h5-7,9-11,15H,4,8,18H2,1-3H3. The summed E-state index contributed by atoms with van der Waals surface area (Å²) in [4.78, 5) is 0. The van der Waals surface area contributed by atoms with Crippen molar-refractivity contribution in [3.8, 4) is 5.75 Å². The van der Waals surface area contributed by atoms with Gasteiger partial charge in [-0.3, -0.25) is 4.68 Å². The lowest BCUT2D eigenvalue weighted by Gasteiger charge is -2.18. The molecule has 0 radical (unpaired) electrons. The Morgan fingerprint density at radius 1 is 1.38 bits per heavy atom. The van der Waals surface area contributed by atoms with Gasteiger partial charge in [0.1, 0.15) is 5.75 Å². The molecule has 4 nitrogen and oxygen atoms in total. The van der Waals surface area contributed by atoms with Gasteiger partial charge in [-0.1, -0.05) is 30.7 Å². The van der Waals surface area contributed by atoms with Gasteiger partial charge in [0.25, 0.3) is 0 Å². The second-order valence-electron chi connectivity index (χ2n) is 5.31. The molecule has 1 unspecified atom stereocenters. The molecule has 2 aromatic rings. The zero-order chi connectivity index (χ0) is 15.4. The first kappa shape index (κ1) is 15.9. The SMILES string of the molecule is CCCOc1cccc(C(N)c2c(Cl)cnn2C(C)C)c1. The second kappa shape index (κ2) is 6.96. The van der Waals surface area contributed by atoms with E-state index >= 15 is 0 Å². The van der Waals surface area contributed by atoms with Gasteiger partial charge in [0.15, 0.2) is 0 Å². The van der Waals surface area contributed by atoms with Gasteiger partial charge in [0, 0.05) is 6.04 Å². The van der Waals surface area contributed by atoms with E-state index in [0.717, 1.165) is 23.4 Å². The summed E-state index contributed by atoms with van der Waals surface area (Å²) in [5.74, 6) is 0.830. The highest BCUT2D eigenvalue weighted by molar-refractivity contribution is 6.31. The molecule has 1 atom stereocenters. The van der Waals surface area contributed by atoms with Crippen LogP contribution in [0.4, 0.5) is 0 Å². The van der Waals surface area contributed by atoms with Crippen LogP contribution in [0.1, 0.15) is 50.5 Å². The largest absolute Gasteiger partial charge is 0.494 e. The molecule has 1 aromatic carbocycles. The third kappa shape index (κ3) is 3.57. The molecule has 114 valence electrons. The van der Waals surface area contributed by atoms with Gasteiger partial charge in [-0.15, -0.1) is 0 Å². The first-order valence-corrected chi connectivity index (χ1v) is 7.63. The van der Waals surface area contributed by atoms with Crippen molar-refractivity contribution in [1.82, 2.24) is 9.78 Å². The summed E-state index contributed by atoms with van der Waals surface area (Å²) in [6.45, 7) is 6.89. The highest BCUT2D eigenvalue weighted by atomic mass is 35.5. The lowest BCUT2D eigenvalue weighted by Crippen LogP contribution is -2.19. The lowest BCUT2D eigenvalue weighted by molar-refractivity contribution is 0.317. The zero-order valence-electron chi connectivity index (χ0n) is 12.7. The molecule has 2 N–H and O–H groups in total. The number of aromatic nitrogens is 2. The maximum absolute atomic E-state index is 6.40. The van der Waals surface area contributed by atoms with Crippen molar-refractivity contribution in [2.75, 3.05) is 6.61 Å². The molecule has 2 rings (SSSR count). The van der Waals surface area contributed by atoms with Gasteiger partial charge in [-0.25, -0.2) is 0 Å². The van der Waals surface area contributed by atoms with Gasteiger partial charge >= 0.3 is 0 Å². The van der Waals surface area contributed by atoms with Gasteiger partial charge < -0.3 is 10.5 Å². The number of nitrogens with two attached hydrogens (primary N) is 1. The van der Waals surface area contributed by atoms with Crippen LogP contribution < -0.4 is 10.5 Å². The van der Waals surface area contributed by atoms with E-state index in [2.05, 4.69) is 25.9 Å². The predicted octanol–water partition coefficient (Wildman–Crippen LogP) is 3.95. The quantitative estimate of drug-likeness (QED) is 0.879. The Kier molecular flexibility index (Phi) is 5.26. The Labute approximate surface area is 130 Å². The number of benzene rings is 1. The molecule has 1 heterocycles. The van der Waals surface area contributed by atoms with Crippen LogP contribution in [0.15, 0.2) is 30.5 Å². The van der Waals surface area contributed by atoms with Crippen LogP contribution in [-0.4, -0.2) is 16.4 Å². The molecule has 0 aliphatic carbocycles. The minimum Gasteiger partial charge on any atom is -0.494 e. The summed E-state index contributed by atoms with van der Waals surface area (Å²) in [6, 6.07) is 7.72. The number of rotatable bonds is 6. The smallest absolute Gasteiger partial charge is 0.119 e. The number of ether oxygens (including phenoxy) is 1. The maximum atomic E-state index is 6.40. The zero-order valence-corrected chi connectivity index (χ0v) is 13.5. The van der Waals surface area contributed by atoms with E-state index in [1.165, 1.54) is 0 Å². The molecule has 0 spiro atoms. The van der Waals surface area contributed by atoms with Crippen LogP contribution in [0.3, 0.4) is 0 Å². The minimum atomic E-state index is -0.326. The van der Waals surface area contributed by atoms with Crippen molar-refractivity contribution in [3.63, 3.8) is 0 Å². The van der Waals surface area contributed by atoms with E-state index in [1.807, 2.05) is 28.9 Å². The normalized spacial score (nSPS) is 12.7. The molecule has 0 amide bonds. The van der Waals surface area contributed by atoms with E-state index in [1.54, 1.807) is 6.20 Å². The molecule has 0 bridgehead atoms. The van der Waals surface area contributed by atoms with Crippen molar-refractivity contribution in [3.05, 3.63) is 46.7 Å². The summed E-state index contributed by atoms with van der Waals surface area (Å²) in [5.41, 5.74) is 8.20. The van der Waals surface area contributed by atoms with E-state index in [4.69, 9.17) is 22.1 Å². The van der Waals surface area contributed by atoms with Crippen molar-refractivity contribution in [2.45, 2.75) is 39.3 Å². The van der Waals surface area contributed by atoms with Crippen LogP contribution in [0.25, 0.3) is 0 Å². The number of hydrogen-bond acceptors (Lipinski definition) is 3. The van der Waals surface area contributed by atoms with Gasteiger partial charge in [-0.2, -0.15) is 5.10 Å². The number of halogens is 1. The monoisotopic (exact) mass is 307 g/mol. The van der Waals surface area contributed by atoms with Crippen LogP contribution in [0.5, 0.6) is 5.75 Å². The third-order valence-electron chi connectivity index (χ3n) is 3.26. The van der Waals surface area contributed by atoms with Crippen molar-refractivity contribution < 1.29 is 4.74 Å². The first-order chi connectivity index (χ1) is 10.0. The Bertz CT molecular complexity index is 595. The molecule has 0 aliphatic heterocycles. The number of hydrogen-bond donors (Lipinski definition) is 1. The van der Waals surface area contributed by atoms with Crippen LogP contribution in [0.2, 0.25) is 5.02 Å². The molecule has 0 aliphatic rings. The van der Waals surface area contributed by atoms with E-state index in [0.29, 0.717) is 11.6 Å². The van der Waals surface area contributed by atoms with E-state index in [-0.39, 0.29) is 12.1 Å². The summed E-state index contributed by atoms with van der Waals surface area (Å²) >= 11 is 6.26. The highest BCUT2D eigenvalue weighted by Gasteiger charge is 2.20. The fraction of sp³-hybridized carbons (Fsp3) is 0.438. The van der Waals surface area contributed by atoms with Gasteiger partial charge in [0.05, 0.1) is 29.6 Å². The number of nitrogens with zero attached hydrogens (tertiary/aromatic N) is 2. The fourth-order valence-electron chi connectivity index (χ4n) is 2.23. The summed E-state index contributed by atoms with van der Waals surface area (Å²) in [6.07, 6.45) is 2.62. The third-order valence-corrected chi connectivity index (χ3v) is 3.55. The van der Waals surface area contributed by atoms with Crippen LogP contribution in [-0.2, 0) is 0 Å². The average Bonchev–Trinajstić information content (AvgIpc) is 2.86. The molecular weight excluding hydrogens is 286 g/mol. The Balaban J connectivity index is 2.31. The molecule has 0 saturated carbocycles. The summed E-state index contributed by atoms with van der Waals surface area (Å²) < 4.78 is 7.53. The predicted molar refractivity (Wildman–Crippen MR) is 85.9 cm³/mol. The maximum Gasteiger partial charge on any atom is 0.119 e. The van der Waals surface area contributed by atoms with Crippen molar-refractivity contribution in [2.24, 2.45) is 5.73 Å². The highest BCUT2D eigenvalue weighted by Crippen LogP contribution is 2.30. The van der Waals surface area contributed by atoms with E-state index < -0.39 is 0 Å². The Hall–Kier alpha value is -1.52. The van der Waals surface area contributed by atoms with Crippen molar-refractivity contribution in [1.29, 1.82) is 0 Å². The molecule has 0 fully saturated rings. The average molecular weight is 308 g/mol. The van der Waals surface area contributed by atoms with Crippen molar-refractivity contribution >= 4 is 11.6 Å². The lowest BCUT2D eigenvalue weighted by atomic mass is 10.0. The van der Waals surface area contributed by atoms with E-state index in [9.17, 15) is 0 Å². The Morgan fingerprint density at radius 2 is 2.14 bits per heavy atom. The molecular formula is C16H22ClN3O. The Morgan fingerprint density at radius 3 is 2.81 bits per heavy atom. The topological polar surface area (TPSA) is 53.1 Å². The first-order valence-electron chi connectivity index (χ1n) is 7.25. The fourth-order valence-corrected chi connectivity index (χ4v) is 2.48. The molecule has 5 heteroatoms. The van der Waals surface area contributed by atoms with Gasteiger partial charge in [0.2, 0.25) is 0 Å². The molecule has 1 aromatic heterocycles. The summed E-state index contributed by atoms with van der Waals surface area (Å²) in [7, 11) is 0. The second-order valence-corrected chi connectivity index (χ2v) is 5.72. The van der Waals surface area contributed by atoms with Crippen LogP contribution in [0, 0.1) is 0 Å². The summed E-state index contributed by atoms with van der Waals surface area (Å²) in [5, 5.41) is 4.90. The molecule has 0 saturated heterocycles. The van der Waals surface area contributed by atoms with Gasteiger partial charge in [-0.05, 0) is 38.0 Å².